The third-order valence-corrected chi connectivity index (χ3v) is 2.67. The van der Waals surface area contributed by atoms with Crippen LogP contribution in [0, 0.1) is 0 Å². The lowest BCUT2D eigenvalue weighted by Crippen LogP contribution is -2.36. The van der Waals surface area contributed by atoms with Gasteiger partial charge in [0.15, 0.2) is 0 Å². The summed E-state index contributed by atoms with van der Waals surface area (Å²) in [5.74, 6) is -2.94. The molecule has 3 atom stereocenters. The summed E-state index contributed by atoms with van der Waals surface area (Å²) in [7, 11) is 0. The molecule has 2 bridgehead atoms. The number of ether oxygens (including phenoxy) is 1. The fourth-order valence-corrected chi connectivity index (χ4v) is 1.96. The van der Waals surface area contributed by atoms with Gasteiger partial charge in [-0.2, -0.15) is 0 Å². The second kappa shape index (κ2) is 2.64. The van der Waals surface area contributed by atoms with Gasteiger partial charge in [0.25, 0.3) is 5.92 Å². The molecule has 0 aromatic heterocycles. The van der Waals surface area contributed by atoms with E-state index in [1.54, 1.807) is 0 Å². The molecule has 12 heavy (non-hydrogen) atoms. The Morgan fingerprint density at radius 1 is 1.25 bits per heavy atom. The van der Waals surface area contributed by atoms with E-state index in [9.17, 15) is 8.78 Å². The van der Waals surface area contributed by atoms with Gasteiger partial charge in [-0.15, -0.1) is 0 Å². The Hall–Kier alpha value is -0.220. The van der Waals surface area contributed by atoms with E-state index >= 15 is 0 Å². The van der Waals surface area contributed by atoms with Crippen LogP contribution in [0.5, 0.6) is 0 Å². The first-order valence-corrected chi connectivity index (χ1v) is 4.29. The molecule has 2 aliphatic heterocycles. The van der Waals surface area contributed by atoms with Gasteiger partial charge < -0.3 is 9.84 Å². The number of rotatable bonds is 0. The van der Waals surface area contributed by atoms with E-state index in [-0.39, 0.29) is 25.0 Å². The van der Waals surface area contributed by atoms with E-state index in [0.717, 1.165) is 6.42 Å². The van der Waals surface area contributed by atoms with Crippen LogP contribution in [0.3, 0.4) is 0 Å². The highest BCUT2D eigenvalue weighted by Gasteiger charge is 2.47. The molecule has 3 unspecified atom stereocenters. The molecular weight excluding hydrogens is 166 g/mol. The van der Waals surface area contributed by atoms with Crippen molar-refractivity contribution < 1.29 is 18.6 Å². The lowest BCUT2D eigenvalue weighted by molar-refractivity contribution is -0.118. The predicted octanol–water partition coefficient (Wildman–Crippen LogP) is 1.32. The fourth-order valence-electron chi connectivity index (χ4n) is 1.96. The van der Waals surface area contributed by atoms with Crippen LogP contribution in [-0.4, -0.2) is 29.3 Å². The predicted molar refractivity (Wildman–Crippen MR) is 38.1 cm³/mol. The standard InChI is InChI=1S/C8H12F2O2/c9-8(10)4-6-2-1-5(12-6)3-7(8)11/h5-7,11H,1-4H2. The average molecular weight is 178 g/mol. The van der Waals surface area contributed by atoms with Crippen molar-refractivity contribution in [2.24, 2.45) is 0 Å². The van der Waals surface area contributed by atoms with E-state index in [1.807, 2.05) is 0 Å². The Bertz CT molecular complexity index is 184. The Kier molecular flexibility index (Phi) is 1.84. The Morgan fingerprint density at radius 3 is 2.67 bits per heavy atom. The van der Waals surface area contributed by atoms with E-state index in [0.29, 0.717) is 6.42 Å². The third kappa shape index (κ3) is 1.33. The van der Waals surface area contributed by atoms with E-state index in [4.69, 9.17) is 9.84 Å². The van der Waals surface area contributed by atoms with Gasteiger partial charge in [-0.25, -0.2) is 8.78 Å². The van der Waals surface area contributed by atoms with Crippen LogP contribution in [-0.2, 0) is 4.74 Å². The number of hydrogen-bond donors (Lipinski definition) is 1. The number of alkyl halides is 2. The Balaban J connectivity index is 2.13. The van der Waals surface area contributed by atoms with Crippen molar-refractivity contribution in [1.29, 1.82) is 0 Å². The molecule has 0 aromatic carbocycles. The lowest BCUT2D eigenvalue weighted by atomic mass is 9.95. The zero-order valence-corrected chi connectivity index (χ0v) is 6.67. The van der Waals surface area contributed by atoms with Gasteiger partial charge in [0.2, 0.25) is 0 Å². The summed E-state index contributed by atoms with van der Waals surface area (Å²) >= 11 is 0. The molecule has 2 rings (SSSR count). The molecule has 0 amide bonds. The van der Waals surface area contributed by atoms with E-state index in [1.165, 1.54) is 0 Å². The maximum Gasteiger partial charge on any atom is 0.276 e. The second-order valence-electron chi connectivity index (χ2n) is 3.67. The largest absolute Gasteiger partial charge is 0.387 e. The van der Waals surface area contributed by atoms with Gasteiger partial charge in [0, 0.05) is 12.8 Å². The van der Waals surface area contributed by atoms with Crippen molar-refractivity contribution >= 4 is 0 Å². The van der Waals surface area contributed by atoms with Crippen molar-refractivity contribution in [2.45, 2.75) is 49.9 Å². The van der Waals surface area contributed by atoms with Crippen LogP contribution in [0.25, 0.3) is 0 Å². The highest BCUT2D eigenvalue weighted by atomic mass is 19.3. The summed E-state index contributed by atoms with van der Waals surface area (Å²) in [6, 6.07) is 0. The van der Waals surface area contributed by atoms with Crippen LogP contribution >= 0.6 is 0 Å². The highest BCUT2D eigenvalue weighted by molar-refractivity contribution is 4.90. The Labute approximate surface area is 69.5 Å². The second-order valence-corrected chi connectivity index (χ2v) is 3.67. The van der Waals surface area contributed by atoms with Gasteiger partial charge in [-0.1, -0.05) is 0 Å². The maximum atomic E-state index is 13.0. The van der Waals surface area contributed by atoms with Crippen LogP contribution in [0.4, 0.5) is 8.78 Å². The normalized spacial score (nSPS) is 45.8. The SMILES string of the molecule is OC1CC2CCC(CC1(F)F)O2. The number of aliphatic hydroxyl groups excluding tert-OH is 1. The van der Waals surface area contributed by atoms with Gasteiger partial charge in [0.1, 0.15) is 6.10 Å². The van der Waals surface area contributed by atoms with Crippen molar-refractivity contribution in [3.05, 3.63) is 0 Å². The van der Waals surface area contributed by atoms with Crippen molar-refractivity contribution in [3.63, 3.8) is 0 Å². The van der Waals surface area contributed by atoms with Gasteiger partial charge >= 0.3 is 0 Å². The van der Waals surface area contributed by atoms with Crippen molar-refractivity contribution in [3.8, 4) is 0 Å². The van der Waals surface area contributed by atoms with Crippen LogP contribution in [0.2, 0.25) is 0 Å². The molecule has 2 saturated heterocycles. The molecule has 0 spiro atoms. The molecule has 2 nitrogen and oxygen atoms in total. The quantitative estimate of drug-likeness (QED) is 0.606. The highest BCUT2D eigenvalue weighted by Crippen LogP contribution is 2.39. The minimum atomic E-state index is -2.94. The number of aliphatic hydroxyl groups is 1. The first kappa shape index (κ1) is 8.38. The minimum Gasteiger partial charge on any atom is -0.387 e. The Morgan fingerprint density at radius 2 is 1.92 bits per heavy atom. The molecule has 2 fully saturated rings. The molecule has 2 heterocycles. The minimum absolute atomic E-state index is 0.0868. The first-order chi connectivity index (χ1) is 5.58. The number of halogens is 2. The number of fused-ring (bicyclic) bond motifs is 2. The van der Waals surface area contributed by atoms with Crippen molar-refractivity contribution in [2.75, 3.05) is 0 Å². The first-order valence-electron chi connectivity index (χ1n) is 4.29. The summed E-state index contributed by atoms with van der Waals surface area (Å²) in [4.78, 5) is 0. The molecule has 1 N–H and O–H groups in total. The average Bonchev–Trinajstić information content (AvgIpc) is 2.30. The zero-order valence-electron chi connectivity index (χ0n) is 6.67. The zero-order chi connectivity index (χ0) is 8.77. The summed E-state index contributed by atoms with van der Waals surface area (Å²) < 4.78 is 31.3. The van der Waals surface area contributed by atoms with Gasteiger partial charge in [-0.05, 0) is 12.8 Å². The van der Waals surface area contributed by atoms with Crippen LogP contribution in [0.1, 0.15) is 25.7 Å². The summed E-state index contributed by atoms with van der Waals surface area (Å²) in [5.41, 5.74) is 0. The monoisotopic (exact) mass is 178 g/mol. The van der Waals surface area contributed by atoms with Crippen LogP contribution < -0.4 is 0 Å². The molecule has 4 heteroatoms. The molecule has 0 aliphatic carbocycles. The number of hydrogen-bond acceptors (Lipinski definition) is 2. The summed E-state index contributed by atoms with van der Waals surface area (Å²) in [5, 5.41) is 9.11. The molecule has 0 saturated carbocycles. The molecule has 0 aromatic rings. The van der Waals surface area contributed by atoms with E-state index in [2.05, 4.69) is 0 Å². The molecule has 0 radical (unpaired) electrons. The lowest BCUT2D eigenvalue weighted by Gasteiger charge is -2.22. The third-order valence-electron chi connectivity index (χ3n) is 2.67. The topological polar surface area (TPSA) is 29.5 Å². The summed E-state index contributed by atoms with van der Waals surface area (Å²) in [6.07, 6.45) is -0.674. The smallest absolute Gasteiger partial charge is 0.276 e. The molecule has 70 valence electrons. The molecular formula is C8H12F2O2. The van der Waals surface area contributed by atoms with E-state index < -0.39 is 12.0 Å². The molecule has 2 aliphatic rings. The van der Waals surface area contributed by atoms with Crippen molar-refractivity contribution in [1.82, 2.24) is 0 Å². The fraction of sp³-hybridized carbons (Fsp3) is 1.00. The van der Waals surface area contributed by atoms with Crippen LogP contribution in [0.15, 0.2) is 0 Å². The summed E-state index contributed by atoms with van der Waals surface area (Å²) in [6.45, 7) is 0. The maximum absolute atomic E-state index is 13.0. The van der Waals surface area contributed by atoms with Gasteiger partial charge in [-0.3, -0.25) is 0 Å². The van der Waals surface area contributed by atoms with Gasteiger partial charge in [0.05, 0.1) is 12.2 Å².